The van der Waals surface area contributed by atoms with Crippen LogP contribution < -0.4 is 4.74 Å². The van der Waals surface area contributed by atoms with E-state index in [1.807, 2.05) is 24.3 Å². The maximum absolute atomic E-state index is 12.6. The van der Waals surface area contributed by atoms with E-state index in [4.69, 9.17) is 9.84 Å². The molecule has 0 aliphatic carbocycles. The standard InChI is InChI=1S/C22H21BrN2O4S/c1-13(2)12-29-18-9-4-14(10-17(18)23)11-19-20(26)25(3)22(30-19)24-16-7-5-15(6-8-16)21(27)28/h4-11,13H,12H2,1-3H3,(H,27,28)/b19-11+,24-22?. The van der Waals surface area contributed by atoms with Crippen LogP contribution in [-0.2, 0) is 4.79 Å². The van der Waals surface area contributed by atoms with Gasteiger partial charge in [-0.15, -0.1) is 0 Å². The molecule has 30 heavy (non-hydrogen) atoms. The number of halogens is 1. The highest BCUT2D eigenvalue weighted by Gasteiger charge is 2.30. The molecule has 6 nitrogen and oxygen atoms in total. The van der Waals surface area contributed by atoms with E-state index in [-0.39, 0.29) is 11.5 Å². The second kappa shape index (κ2) is 9.49. The van der Waals surface area contributed by atoms with Gasteiger partial charge < -0.3 is 9.84 Å². The highest BCUT2D eigenvalue weighted by molar-refractivity contribution is 9.10. The lowest BCUT2D eigenvalue weighted by Crippen LogP contribution is -2.23. The van der Waals surface area contributed by atoms with Crippen molar-refractivity contribution < 1.29 is 19.4 Å². The van der Waals surface area contributed by atoms with Crippen molar-refractivity contribution >= 4 is 56.5 Å². The van der Waals surface area contributed by atoms with Crippen LogP contribution in [0.15, 0.2) is 56.8 Å². The van der Waals surface area contributed by atoms with E-state index in [1.54, 1.807) is 19.2 Å². The van der Waals surface area contributed by atoms with Gasteiger partial charge in [-0.2, -0.15) is 0 Å². The summed E-state index contributed by atoms with van der Waals surface area (Å²) in [7, 11) is 1.67. The summed E-state index contributed by atoms with van der Waals surface area (Å²) in [5, 5.41) is 9.52. The fraction of sp³-hybridized carbons (Fsp3) is 0.227. The molecular formula is C22H21BrN2O4S. The summed E-state index contributed by atoms with van der Waals surface area (Å²) in [5.41, 5.74) is 1.64. The highest BCUT2D eigenvalue weighted by Crippen LogP contribution is 2.34. The predicted molar refractivity (Wildman–Crippen MR) is 123 cm³/mol. The molecule has 2 aromatic carbocycles. The number of amidine groups is 1. The van der Waals surface area contributed by atoms with E-state index in [0.717, 1.165) is 15.8 Å². The van der Waals surface area contributed by atoms with Crippen LogP contribution in [0, 0.1) is 5.92 Å². The van der Waals surface area contributed by atoms with E-state index < -0.39 is 5.97 Å². The highest BCUT2D eigenvalue weighted by atomic mass is 79.9. The van der Waals surface area contributed by atoms with Crippen LogP contribution in [0.5, 0.6) is 5.75 Å². The number of hydrogen-bond acceptors (Lipinski definition) is 5. The summed E-state index contributed by atoms with van der Waals surface area (Å²) >= 11 is 4.80. The minimum absolute atomic E-state index is 0.142. The number of ether oxygens (including phenoxy) is 1. The van der Waals surface area contributed by atoms with Crippen molar-refractivity contribution in [1.29, 1.82) is 0 Å². The summed E-state index contributed by atoms with van der Waals surface area (Å²) < 4.78 is 6.59. The van der Waals surface area contributed by atoms with Gasteiger partial charge in [-0.1, -0.05) is 19.9 Å². The molecule has 0 unspecified atom stereocenters. The Bertz CT molecular complexity index is 1030. The third-order valence-corrected chi connectivity index (χ3v) is 5.85. The van der Waals surface area contributed by atoms with Crippen molar-refractivity contribution in [2.75, 3.05) is 13.7 Å². The van der Waals surface area contributed by atoms with Gasteiger partial charge in [-0.25, -0.2) is 9.79 Å². The number of likely N-dealkylation sites (N-methyl/N-ethyl adjacent to an activating group) is 1. The first-order valence-corrected chi connectivity index (χ1v) is 10.9. The summed E-state index contributed by atoms with van der Waals surface area (Å²) in [5.74, 6) is 0.0612. The molecule has 1 aliphatic heterocycles. The van der Waals surface area contributed by atoms with Crippen LogP contribution in [0.25, 0.3) is 6.08 Å². The Balaban J connectivity index is 1.79. The maximum Gasteiger partial charge on any atom is 0.335 e. The zero-order valence-corrected chi connectivity index (χ0v) is 19.2. The lowest BCUT2D eigenvalue weighted by Gasteiger charge is -2.10. The van der Waals surface area contributed by atoms with Crippen LogP contribution in [-0.4, -0.2) is 40.7 Å². The minimum atomic E-state index is -0.992. The van der Waals surface area contributed by atoms with E-state index in [2.05, 4.69) is 34.8 Å². The number of carbonyl (C=O) groups is 2. The molecule has 1 aliphatic rings. The molecule has 0 bridgehead atoms. The van der Waals surface area contributed by atoms with Crippen LogP contribution in [0.4, 0.5) is 5.69 Å². The maximum atomic E-state index is 12.6. The number of rotatable bonds is 6. The van der Waals surface area contributed by atoms with Gasteiger partial charge in [0.25, 0.3) is 5.91 Å². The average molecular weight is 489 g/mol. The van der Waals surface area contributed by atoms with Crippen LogP contribution in [0.3, 0.4) is 0 Å². The Labute approximate surface area is 187 Å². The fourth-order valence-electron chi connectivity index (χ4n) is 2.57. The van der Waals surface area contributed by atoms with Crippen molar-refractivity contribution in [2.45, 2.75) is 13.8 Å². The monoisotopic (exact) mass is 488 g/mol. The summed E-state index contributed by atoms with van der Waals surface area (Å²) in [6, 6.07) is 11.9. The second-order valence-corrected chi connectivity index (χ2v) is 8.98. The first-order chi connectivity index (χ1) is 14.2. The molecule has 0 atom stereocenters. The number of hydrogen-bond donors (Lipinski definition) is 1. The molecule has 1 fully saturated rings. The third-order valence-electron chi connectivity index (χ3n) is 4.17. The van der Waals surface area contributed by atoms with Crippen molar-refractivity contribution in [3.8, 4) is 5.75 Å². The number of aromatic carboxylic acids is 1. The molecule has 156 valence electrons. The van der Waals surface area contributed by atoms with Gasteiger partial charge in [0.05, 0.1) is 27.2 Å². The topological polar surface area (TPSA) is 79.2 Å². The first-order valence-electron chi connectivity index (χ1n) is 9.26. The van der Waals surface area contributed by atoms with Gasteiger partial charge in [-0.3, -0.25) is 9.69 Å². The van der Waals surface area contributed by atoms with Crippen molar-refractivity contribution in [3.05, 3.63) is 63.0 Å². The van der Waals surface area contributed by atoms with E-state index in [1.165, 1.54) is 28.8 Å². The predicted octanol–water partition coefficient (Wildman–Crippen LogP) is 5.42. The third kappa shape index (κ3) is 5.31. The number of carboxylic acids is 1. The largest absolute Gasteiger partial charge is 0.492 e. The lowest BCUT2D eigenvalue weighted by molar-refractivity contribution is -0.121. The molecule has 1 amide bonds. The normalized spacial score (nSPS) is 16.7. The Hall–Kier alpha value is -2.58. The summed E-state index contributed by atoms with van der Waals surface area (Å²) in [4.78, 5) is 30.1. The number of amides is 1. The average Bonchev–Trinajstić information content (AvgIpc) is 2.95. The van der Waals surface area contributed by atoms with Gasteiger partial charge in [0.1, 0.15) is 5.75 Å². The first kappa shape index (κ1) is 22.1. The number of aliphatic imine (C=N–C) groups is 1. The molecule has 1 saturated heterocycles. The van der Waals surface area contributed by atoms with E-state index >= 15 is 0 Å². The zero-order valence-electron chi connectivity index (χ0n) is 16.8. The van der Waals surface area contributed by atoms with Gasteiger partial charge >= 0.3 is 5.97 Å². The van der Waals surface area contributed by atoms with Gasteiger partial charge in [-0.05, 0) is 81.6 Å². The molecule has 3 rings (SSSR count). The Morgan fingerprint density at radius 2 is 1.97 bits per heavy atom. The lowest BCUT2D eigenvalue weighted by atomic mass is 10.2. The molecule has 0 radical (unpaired) electrons. The molecule has 0 spiro atoms. The van der Waals surface area contributed by atoms with Gasteiger partial charge in [0.2, 0.25) is 0 Å². The quantitative estimate of drug-likeness (QED) is 0.549. The van der Waals surface area contributed by atoms with Gasteiger partial charge in [0.15, 0.2) is 5.17 Å². The summed E-state index contributed by atoms with van der Waals surface area (Å²) in [6.45, 7) is 4.81. The molecule has 0 aromatic heterocycles. The Morgan fingerprint density at radius 1 is 1.27 bits per heavy atom. The SMILES string of the molecule is CC(C)COc1ccc(/C=C2/SC(=Nc3ccc(C(=O)O)cc3)N(C)C2=O)cc1Br. The molecule has 8 heteroatoms. The number of carboxylic acid groups (broad SMARTS) is 1. The number of carbonyl (C=O) groups excluding carboxylic acids is 1. The second-order valence-electron chi connectivity index (χ2n) is 7.12. The van der Waals surface area contributed by atoms with Crippen LogP contribution in [0.1, 0.15) is 29.8 Å². The zero-order chi connectivity index (χ0) is 21.8. The molecular weight excluding hydrogens is 468 g/mol. The Morgan fingerprint density at radius 3 is 2.57 bits per heavy atom. The molecule has 0 saturated carbocycles. The number of thioether (sulfide) groups is 1. The number of benzene rings is 2. The smallest absolute Gasteiger partial charge is 0.335 e. The number of nitrogens with zero attached hydrogens (tertiary/aromatic N) is 2. The molecule has 1 heterocycles. The minimum Gasteiger partial charge on any atom is -0.492 e. The molecule has 2 aromatic rings. The molecule has 1 N–H and O–H groups in total. The fourth-order valence-corrected chi connectivity index (χ4v) is 4.07. The van der Waals surface area contributed by atoms with Crippen molar-refractivity contribution in [2.24, 2.45) is 10.9 Å². The van der Waals surface area contributed by atoms with Crippen LogP contribution >= 0.6 is 27.7 Å². The van der Waals surface area contributed by atoms with E-state index in [9.17, 15) is 9.59 Å². The summed E-state index contributed by atoms with van der Waals surface area (Å²) in [6.07, 6.45) is 1.82. The van der Waals surface area contributed by atoms with Crippen LogP contribution in [0.2, 0.25) is 0 Å². The van der Waals surface area contributed by atoms with E-state index in [0.29, 0.717) is 28.3 Å². The van der Waals surface area contributed by atoms with Crippen molar-refractivity contribution in [3.63, 3.8) is 0 Å². The van der Waals surface area contributed by atoms with Gasteiger partial charge in [0, 0.05) is 7.05 Å². The Kier molecular flexibility index (Phi) is 6.99. The van der Waals surface area contributed by atoms with Crippen molar-refractivity contribution in [1.82, 2.24) is 4.90 Å².